The van der Waals surface area contributed by atoms with Crippen LogP contribution >= 0.6 is 0 Å². The number of nitrogens with zero attached hydrogens (tertiary/aromatic N) is 3. The van der Waals surface area contributed by atoms with Crippen molar-refractivity contribution >= 4 is 28.7 Å². The van der Waals surface area contributed by atoms with Crippen LogP contribution in [0.15, 0.2) is 54.7 Å². The molecule has 9 nitrogen and oxygen atoms in total. The van der Waals surface area contributed by atoms with E-state index in [1.165, 1.54) is 5.56 Å². The van der Waals surface area contributed by atoms with Crippen molar-refractivity contribution < 1.29 is 14.4 Å². The Morgan fingerprint density at radius 1 is 1.10 bits per heavy atom. The molecule has 42 heavy (non-hydrogen) atoms. The third-order valence-corrected chi connectivity index (χ3v) is 9.50. The molecule has 2 aliphatic rings. The SMILES string of the molecule is CCN(CCN)C(=O)NC(C(=O)N1CCC2(CC1)C[C@@H](C(=O)N(C)C)c1ccccc12)C(C)c1c[nH]c2ccccc12. The average Bonchev–Trinajstić information content (AvgIpc) is 3.58. The number of benzene rings is 2. The molecule has 0 saturated carbocycles. The van der Waals surface area contributed by atoms with E-state index in [0.717, 1.165) is 41.3 Å². The standard InChI is InChI=1S/C33H44N6O3/c1-5-38(19-16-34)32(42)36-29(22(2)26-21-35-28-13-9-7-11-24(26)28)31(41)39-17-14-33(15-18-39)20-25(30(40)37(3)4)23-10-6-8-12-27(23)33/h6-13,21-22,25,29,35H,5,14-20,34H2,1-4H3,(H,36,42)/t22?,25-,29?/m1/s1. The van der Waals surface area contributed by atoms with Gasteiger partial charge in [-0.05, 0) is 48.9 Å². The summed E-state index contributed by atoms with van der Waals surface area (Å²) >= 11 is 0. The summed E-state index contributed by atoms with van der Waals surface area (Å²) in [6.07, 6.45) is 4.27. The molecule has 3 aromatic rings. The topological polar surface area (TPSA) is 115 Å². The summed E-state index contributed by atoms with van der Waals surface area (Å²) in [5.74, 6) is -0.368. The second kappa shape index (κ2) is 12.2. The lowest BCUT2D eigenvalue weighted by Crippen LogP contribution is -2.56. The Bertz CT molecular complexity index is 1440. The molecule has 224 valence electrons. The normalized spacial score (nSPS) is 18.9. The number of hydrogen-bond acceptors (Lipinski definition) is 4. The van der Waals surface area contributed by atoms with Crippen LogP contribution in [0.1, 0.15) is 61.6 Å². The van der Waals surface area contributed by atoms with Crippen LogP contribution in [0.3, 0.4) is 0 Å². The van der Waals surface area contributed by atoms with Gasteiger partial charge in [-0.1, -0.05) is 49.4 Å². The Morgan fingerprint density at radius 2 is 1.79 bits per heavy atom. The van der Waals surface area contributed by atoms with Crippen molar-refractivity contribution in [2.75, 3.05) is 46.8 Å². The summed E-state index contributed by atoms with van der Waals surface area (Å²) in [5, 5.41) is 4.13. The van der Waals surface area contributed by atoms with Gasteiger partial charge in [-0.25, -0.2) is 4.79 Å². The fourth-order valence-corrected chi connectivity index (χ4v) is 7.09. The minimum Gasteiger partial charge on any atom is -0.361 e. The highest BCUT2D eigenvalue weighted by atomic mass is 16.2. The van der Waals surface area contributed by atoms with Gasteiger partial charge in [0.15, 0.2) is 0 Å². The number of urea groups is 1. The maximum absolute atomic E-state index is 14.3. The van der Waals surface area contributed by atoms with Crippen molar-refractivity contribution in [3.8, 4) is 0 Å². The first-order valence-corrected chi connectivity index (χ1v) is 15.1. The van der Waals surface area contributed by atoms with Crippen LogP contribution in [0, 0.1) is 0 Å². The predicted molar refractivity (Wildman–Crippen MR) is 165 cm³/mol. The van der Waals surface area contributed by atoms with E-state index in [1.807, 2.05) is 69.4 Å². The van der Waals surface area contributed by atoms with Gasteiger partial charge >= 0.3 is 6.03 Å². The molecule has 1 aromatic heterocycles. The monoisotopic (exact) mass is 572 g/mol. The number of H-pyrrole nitrogens is 1. The zero-order valence-corrected chi connectivity index (χ0v) is 25.2. The van der Waals surface area contributed by atoms with Gasteiger partial charge in [0, 0.05) is 75.3 Å². The number of hydrogen-bond donors (Lipinski definition) is 3. The van der Waals surface area contributed by atoms with Gasteiger partial charge in [0.1, 0.15) is 6.04 Å². The third-order valence-electron chi connectivity index (χ3n) is 9.50. The van der Waals surface area contributed by atoms with Gasteiger partial charge in [-0.15, -0.1) is 0 Å². The summed E-state index contributed by atoms with van der Waals surface area (Å²) in [6.45, 7) is 6.34. The first-order valence-electron chi connectivity index (χ1n) is 15.1. The van der Waals surface area contributed by atoms with E-state index in [0.29, 0.717) is 32.7 Å². The van der Waals surface area contributed by atoms with Crippen molar-refractivity contribution in [1.82, 2.24) is 25.0 Å². The maximum Gasteiger partial charge on any atom is 0.318 e. The van der Waals surface area contributed by atoms with Crippen LogP contribution in [0.2, 0.25) is 0 Å². The van der Waals surface area contributed by atoms with E-state index in [-0.39, 0.29) is 35.1 Å². The maximum atomic E-state index is 14.3. The molecule has 9 heteroatoms. The van der Waals surface area contributed by atoms with Crippen LogP contribution in [-0.4, -0.2) is 90.4 Å². The van der Waals surface area contributed by atoms with Crippen LogP contribution in [0.5, 0.6) is 0 Å². The highest BCUT2D eigenvalue weighted by Crippen LogP contribution is 2.52. The van der Waals surface area contributed by atoms with Gasteiger partial charge in [-0.3, -0.25) is 9.59 Å². The van der Waals surface area contributed by atoms with E-state index >= 15 is 0 Å². The van der Waals surface area contributed by atoms with E-state index in [9.17, 15) is 14.4 Å². The number of para-hydroxylation sites is 1. The number of rotatable bonds is 8. The summed E-state index contributed by atoms with van der Waals surface area (Å²) in [4.78, 5) is 49.3. The zero-order chi connectivity index (χ0) is 30.0. The minimum absolute atomic E-state index is 0.0769. The highest BCUT2D eigenvalue weighted by molar-refractivity contribution is 5.90. The fourth-order valence-electron chi connectivity index (χ4n) is 7.09. The Labute approximate surface area is 248 Å². The number of nitrogens with one attached hydrogen (secondary N) is 2. The Balaban J connectivity index is 1.39. The first kappa shape index (κ1) is 29.6. The number of aromatic nitrogens is 1. The molecule has 1 fully saturated rings. The van der Waals surface area contributed by atoms with Crippen LogP contribution in [0.25, 0.3) is 10.9 Å². The number of likely N-dealkylation sites (N-methyl/N-ethyl adjacent to an activating group) is 2. The number of fused-ring (bicyclic) bond motifs is 3. The van der Waals surface area contributed by atoms with Gasteiger partial charge in [0.05, 0.1) is 5.92 Å². The van der Waals surface area contributed by atoms with E-state index in [1.54, 1.807) is 9.80 Å². The van der Waals surface area contributed by atoms with Crippen LogP contribution in [0.4, 0.5) is 4.79 Å². The number of aromatic amines is 1. The number of amides is 4. The second-order valence-corrected chi connectivity index (χ2v) is 12.1. The lowest BCUT2D eigenvalue weighted by molar-refractivity contribution is -0.136. The fraction of sp³-hybridized carbons (Fsp3) is 0.485. The Morgan fingerprint density at radius 3 is 2.48 bits per heavy atom. The smallest absolute Gasteiger partial charge is 0.318 e. The molecule has 1 aliphatic heterocycles. The first-order chi connectivity index (χ1) is 20.2. The van der Waals surface area contributed by atoms with Crippen molar-refractivity contribution in [3.63, 3.8) is 0 Å². The highest BCUT2D eigenvalue weighted by Gasteiger charge is 2.49. The van der Waals surface area contributed by atoms with Crippen molar-refractivity contribution in [2.45, 2.75) is 56.4 Å². The van der Waals surface area contributed by atoms with Crippen LogP contribution < -0.4 is 11.1 Å². The third kappa shape index (κ3) is 5.38. The molecule has 0 radical (unpaired) electrons. The summed E-state index contributed by atoms with van der Waals surface area (Å²) in [7, 11) is 3.63. The predicted octanol–water partition coefficient (Wildman–Crippen LogP) is 3.77. The molecule has 3 atom stereocenters. The lowest BCUT2D eigenvalue weighted by atomic mass is 9.73. The van der Waals surface area contributed by atoms with Gasteiger partial charge in [0.25, 0.3) is 0 Å². The Kier molecular flexibility index (Phi) is 8.59. The largest absolute Gasteiger partial charge is 0.361 e. The molecule has 1 aliphatic carbocycles. The number of likely N-dealkylation sites (tertiary alicyclic amines) is 1. The second-order valence-electron chi connectivity index (χ2n) is 12.1. The molecular formula is C33H44N6O3. The quantitative estimate of drug-likeness (QED) is 0.381. The van der Waals surface area contributed by atoms with E-state index < -0.39 is 6.04 Å². The molecule has 0 bridgehead atoms. The zero-order valence-electron chi connectivity index (χ0n) is 25.2. The molecule has 4 amide bonds. The number of carbonyl (C=O) groups is 3. The average molecular weight is 573 g/mol. The van der Waals surface area contributed by atoms with Crippen LogP contribution in [-0.2, 0) is 15.0 Å². The molecule has 5 rings (SSSR count). The number of piperidine rings is 1. The molecule has 1 spiro atoms. The summed E-state index contributed by atoms with van der Waals surface area (Å²) < 4.78 is 0. The van der Waals surface area contributed by atoms with Gasteiger partial charge in [-0.2, -0.15) is 0 Å². The Hall–Kier alpha value is -3.85. The van der Waals surface area contributed by atoms with Crippen molar-refractivity contribution in [1.29, 1.82) is 0 Å². The molecule has 1 saturated heterocycles. The molecular weight excluding hydrogens is 528 g/mol. The minimum atomic E-state index is -0.739. The van der Waals surface area contributed by atoms with Gasteiger partial charge < -0.3 is 30.7 Å². The summed E-state index contributed by atoms with van der Waals surface area (Å²) in [5.41, 5.74) is 9.98. The number of carbonyl (C=O) groups excluding carboxylic acids is 3. The molecule has 2 heterocycles. The van der Waals surface area contributed by atoms with E-state index in [2.05, 4.69) is 28.5 Å². The van der Waals surface area contributed by atoms with Gasteiger partial charge in [0.2, 0.25) is 11.8 Å². The van der Waals surface area contributed by atoms with Crippen molar-refractivity contribution in [2.24, 2.45) is 5.73 Å². The molecule has 4 N–H and O–H groups in total. The molecule has 2 unspecified atom stereocenters. The van der Waals surface area contributed by atoms with Crippen molar-refractivity contribution in [3.05, 3.63) is 71.4 Å². The lowest BCUT2D eigenvalue weighted by Gasteiger charge is -2.42. The number of nitrogens with two attached hydrogens (primary N) is 1. The summed E-state index contributed by atoms with van der Waals surface area (Å²) in [6, 6.07) is 15.3. The molecule has 2 aromatic carbocycles. The van der Waals surface area contributed by atoms with E-state index in [4.69, 9.17) is 5.73 Å².